The van der Waals surface area contributed by atoms with Crippen LogP contribution in [0.15, 0.2) is 92.0 Å². The Bertz CT molecular complexity index is 1960. The summed E-state index contributed by atoms with van der Waals surface area (Å²) in [7, 11) is 0. The van der Waals surface area contributed by atoms with Gasteiger partial charge in [0.15, 0.2) is 0 Å². The molecule has 15 nitrogen and oxygen atoms in total. The zero-order valence-corrected chi connectivity index (χ0v) is 35.7. The maximum Gasteiger partial charge on any atom is 0.343 e. The van der Waals surface area contributed by atoms with Gasteiger partial charge < -0.3 is 42.6 Å². The number of carbonyl (C=O) groups is 6. The summed E-state index contributed by atoms with van der Waals surface area (Å²) in [5.74, 6) is -2.80. The molecule has 0 spiro atoms. The van der Waals surface area contributed by atoms with Crippen LogP contribution in [0.5, 0.6) is 28.7 Å². The monoisotopic (exact) mass is 872 g/mol. The highest BCUT2D eigenvalue weighted by Crippen LogP contribution is 2.33. The number of ether oxygens (including phenoxy) is 9. The van der Waals surface area contributed by atoms with Crippen LogP contribution in [0.25, 0.3) is 0 Å². The lowest BCUT2D eigenvalue weighted by Crippen LogP contribution is -2.30. The zero-order valence-electron chi connectivity index (χ0n) is 35.7. The molecule has 1 aliphatic carbocycles. The fraction of sp³-hybridized carbons (Fsp3) is 0.417. The lowest BCUT2D eigenvalue weighted by molar-refractivity contribution is -0.145. The summed E-state index contributed by atoms with van der Waals surface area (Å²) in [5, 5.41) is 0. The van der Waals surface area contributed by atoms with Crippen LogP contribution in [-0.2, 0) is 38.1 Å². The van der Waals surface area contributed by atoms with Crippen molar-refractivity contribution < 1.29 is 71.4 Å². The largest absolute Gasteiger partial charge is 0.494 e. The van der Waals surface area contributed by atoms with Gasteiger partial charge in [0, 0.05) is 18.8 Å². The van der Waals surface area contributed by atoms with E-state index in [-0.39, 0.29) is 42.4 Å². The van der Waals surface area contributed by atoms with E-state index in [1.807, 2.05) is 0 Å². The Balaban J connectivity index is 1.24. The SMILES string of the molecule is C=CC(=O)OCCCCCCOc1ccc(OC(=O)C2CCC(C(=O)Oc3ccc(OC(=O)c4ccc(OCCCCOC(=O)C=C)cc4)cc3C(=O)OCCOCC)CC2)cc1. The molecule has 15 heteroatoms. The molecule has 0 saturated heterocycles. The number of benzene rings is 3. The van der Waals surface area contributed by atoms with Gasteiger partial charge in [-0.3, -0.25) is 9.59 Å². The van der Waals surface area contributed by atoms with Gasteiger partial charge in [0.25, 0.3) is 0 Å². The molecule has 0 amide bonds. The maximum atomic E-state index is 13.4. The third-order valence-corrected chi connectivity index (χ3v) is 9.72. The van der Waals surface area contributed by atoms with Crippen LogP contribution >= 0.6 is 0 Å². The summed E-state index contributed by atoms with van der Waals surface area (Å²) in [6, 6.07) is 17.2. The molecule has 3 aromatic rings. The average Bonchev–Trinajstić information content (AvgIpc) is 3.30. The zero-order chi connectivity index (χ0) is 45.2. The highest BCUT2D eigenvalue weighted by Gasteiger charge is 2.33. The lowest BCUT2D eigenvalue weighted by Gasteiger charge is -2.26. The quantitative estimate of drug-likeness (QED) is 0.0236. The van der Waals surface area contributed by atoms with Crippen LogP contribution in [0.4, 0.5) is 0 Å². The van der Waals surface area contributed by atoms with Crippen molar-refractivity contribution in [3.63, 3.8) is 0 Å². The molecule has 1 aliphatic rings. The third kappa shape index (κ3) is 17.8. The first-order chi connectivity index (χ1) is 30.6. The highest BCUT2D eigenvalue weighted by molar-refractivity contribution is 5.95. The van der Waals surface area contributed by atoms with Gasteiger partial charge in [-0.15, -0.1) is 0 Å². The molecule has 0 unspecified atom stereocenters. The number of hydrogen-bond acceptors (Lipinski definition) is 15. The number of esters is 6. The molecule has 0 radical (unpaired) electrons. The molecule has 338 valence electrons. The summed E-state index contributed by atoms with van der Waals surface area (Å²) < 4.78 is 48.9. The summed E-state index contributed by atoms with van der Waals surface area (Å²) in [4.78, 5) is 74.9. The number of carbonyl (C=O) groups excluding carboxylic acids is 6. The second kappa shape index (κ2) is 27.5. The fourth-order valence-corrected chi connectivity index (χ4v) is 6.25. The Morgan fingerprint density at radius 1 is 0.524 bits per heavy atom. The van der Waals surface area contributed by atoms with E-state index in [0.29, 0.717) is 82.2 Å². The van der Waals surface area contributed by atoms with Crippen LogP contribution in [0.3, 0.4) is 0 Å². The third-order valence-electron chi connectivity index (χ3n) is 9.72. The van der Waals surface area contributed by atoms with Crippen molar-refractivity contribution in [2.24, 2.45) is 11.8 Å². The van der Waals surface area contributed by atoms with Gasteiger partial charge in [0.05, 0.1) is 50.4 Å². The van der Waals surface area contributed by atoms with Crippen molar-refractivity contribution in [1.29, 1.82) is 0 Å². The van der Waals surface area contributed by atoms with E-state index in [1.165, 1.54) is 30.3 Å². The second-order valence-electron chi connectivity index (χ2n) is 14.3. The minimum atomic E-state index is -0.806. The van der Waals surface area contributed by atoms with E-state index in [4.69, 9.17) is 42.6 Å². The van der Waals surface area contributed by atoms with E-state index in [2.05, 4.69) is 13.2 Å². The molecule has 0 aliphatic heterocycles. The molecule has 0 N–H and O–H groups in total. The molecule has 4 rings (SSSR count). The Hall–Kier alpha value is -6.48. The van der Waals surface area contributed by atoms with Gasteiger partial charge in [-0.1, -0.05) is 13.2 Å². The summed E-state index contributed by atoms with van der Waals surface area (Å²) in [6.07, 6.45) is 8.50. The minimum Gasteiger partial charge on any atom is -0.494 e. The first-order valence-electron chi connectivity index (χ1n) is 21.2. The van der Waals surface area contributed by atoms with Crippen molar-refractivity contribution in [3.8, 4) is 28.7 Å². The van der Waals surface area contributed by atoms with Gasteiger partial charge in [-0.2, -0.15) is 0 Å². The van der Waals surface area contributed by atoms with E-state index >= 15 is 0 Å². The Morgan fingerprint density at radius 3 is 1.59 bits per heavy atom. The second-order valence-corrected chi connectivity index (χ2v) is 14.3. The predicted octanol–water partition coefficient (Wildman–Crippen LogP) is 7.97. The summed E-state index contributed by atoms with van der Waals surface area (Å²) >= 11 is 0. The van der Waals surface area contributed by atoms with Gasteiger partial charge in [-0.05, 0) is 138 Å². The topological polar surface area (TPSA) is 185 Å². The molecule has 0 atom stereocenters. The normalized spacial score (nSPS) is 14.3. The molecule has 63 heavy (non-hydrogen) atoms. The van der Waals surface area contributed by atoms with Gasteiger partial charge in [0.2, 0.25) is 0 Å². The van der Waals surface area contributed by atoms with Gasteiger partial charge in [0.1, 0.15) is 40.9 Å². The lowest BCUT2D eigenvalue weighted by atomic mass is 9.82. The Morgan fingerprint density at radius 2 is 1.02 bits per heavy atom. The smallest absolute Gasteiger partial charge is 0.343 e. The predicted molar refractivity (Wildman–Crippen MR) is 229 cm³/mol. The van der Waals surface area contributed by atoms with Crippen molar-refractivity contribution in [2.45, 2.75) is 71.1 Å². The summed E-state index contributed by atoms with van der Waals surface area (Å²) in [6.45, 7) is 10.6. The molecule has 3 aromatic carbocycles. The van der Waals surface area contributed by atoms with E-state index < -0.39 is 47.7 Å². The molecule has 0 aromatic heterocycles. The van der Waals surface area contributed by atoms with Crippen molar-refractivity contribution in [2.75, 3.05) is 46.2 Å². The summed E-state index contributed by atoms with van der Waals surface area (Å²) in [5.41, 5.74) is 0.0993. The Kier molecular flexibility index (Phi) is 21.4. The molecule has 0 heterocycles. The van der Waals surface area contributed by atoms with Crippen LogP contribution in [0.2, 0.25) is 0 Å². The first-order valence-corrected chi connectivity index (χ1v) is 21.2. The van der Waals surface area contributed by atoms with Crippen molar-refractivity contribution in [3.05, 3.63) is 103 Å². The van der Waals surface area contributed by atoms with Crippen molar-refractivity contribution in [1.82, 2.24) is 0 Å². The van der Waals surface area contributed by atoms with Gasteiger partial charge >= 0.3 is 35.8 Å². The van der Waals surface area contributed by atoms with Crippen LogP contribution < -0.4 is 23.7 Å². The average molecular weight is 873 g/mol. The van der Waals surface area contributed by atoms with Crippen LogP contribution in [0.1, 0.15) is 91.8 Å². The molecule has 1 fully saturated rings. The standard InChI is InChI=1S/C48H56O15/c1-4-43(49)58-29-10-8-7-9-27-56-38-21-23-39(24-22-38)61-45(51)34-13-15-35(16-14-34)47(53)63-42-26-25-40(33-41(42)48(54)60-32-31-55-6-3)62-46(52)36-17-19-37(20-18-36)57-28-11-12-30-59-44(50)5-2/h4-5,17-26,33-35H,1-2,6-16,27-32H2,3H3. The van der Waals surface area contributed by atoms with E-state index in [0.717, 1.165) is 37.8 Å². The van der Waals surface area contributed by atoms with Crippen LogP contribution in [0, 0.1) is 11.8 Å². The number of unbranched alkanes of at least 4 members (excludes halogenated alkanes) is 4. The van der Waals surface area contributed by atoms with E-state index in [1.54, 1.807) is 43.3 Å². The fourth-order valence-electron chi connectivity index (χ4n) is 6.25. The molecular formula is C48H56O15. The maximum absolute atomic E-state index is 13.4. The number of rotatable bonds is 27. The molecule has 1 saturated carbocycles. The molecule has 0 bridgehead atoms. The minimum absolute atomic E-state index is 0.0178. The number of hydrogen-bond donors (Lipinski definition) is 0. The highest BCUT2D eigenvalue weighted by atomic mass is 16.6. The molecular weight excluding hydrogens is 817 g/mol. The van der Waals surface area contributed by atoms with E-state index in [9.17, 15) is 28.8 Å². The van der Waals surface area contributed by atoms with Gasteiger partial charge in [-0.25, -0.2) is 19.2 Å². The van der Waals surface area contributed by atoms with Crippen LogP contribution in [-0.4, -0.2) is 82.1 Å². The first kappa shape index (κ1) is 49.2. The van der Waals surface area contributed by atoms with Crippen molar-refractivity contribution >= 4 is 35.8 Å². The Labute approximate surface area is 367 Å².